The summed E-state index contributed by atoms with van der Waals surface area (Å²) in [4.78, 5) is 2.19. The fraction of sp³-hybridized carbons (Fsp3) is 0.294. The Morgan fingerprint density at radius 1 is 1.04 bits per heavy atom. The van der Waals surface area contributed by atoms with Crippen LogP contribution in [0.15, 0.2) is 47.4 Å². The summed E-state index contributed by atoms with van der Waals surface area (Å²) in [5, 5.41) is -0.186. The number of nitrogens with zero attached hydrogens (tertiary/aromatic N) is 2. The third-order valence-corrected chi connectivity index (χ3v) is 6.32. The van der Waals surface area contributed by atoms with Gasteiger partial charge in [-0.1, -0.05) is 23.7 Å². The molecule has 2 aromatic carbocycles. The van der Waals surface area contributed by atoms with Crippen LogP contribution in [0.4, 0.5) is 10.1 Å². The van der Waals surface area contributed by atoms with Gasteiger partial charge in [-0.15, -0.1) is 0 Å². The zero-order chi connectivity index (χ0) is 17.3. The maximum atomic E-state index is 13.3. The molecule has 1 fully saturated rings. The molecule has 1 aliphatic heterocycles. The van der Waals surface area contributed by atoms with E-state index in [0.717, 1.165) is 11.8 Å². The molecule has 128 valence electrons. The lowest BCUT2D eigenvalue weighted by Gasteiger charge is -2.35. The van der Waals surface area contributed by atoms with E-state index < -0.39 is 15.8 Å². The summed E-state index contributed by atoms with van der Waals surface area (Å²) >= 11 is 5.71. The van der Waals surface area contributed by atoms with Crippen LogP contribution in [0, 0.1) is 12.7 Å². The van der Waals surface area contributed by atoms with Crippen LogP contribution in [0.2, 0.25) is 5.02 Å². The second-order valence-electron chi connectivity index (χ2n) is 5.81. The van der Waals surface area contributed by atoms with Crippen LogP contribution in [0.5, 0.6) is 0 Å². The fourth-order valence-corrected chi connectivity index (χ4v) is 4.49. The highest BCUT2D eigenvalue weighted by molar-refractivity contribution is 7.89. The highest BCUT2D eigenvalue weighted by atomic mass is 35.5. The van der Waals surface area contributed by atoms with Crippen LogP contribution >= 0.6 is 11.6 Å². The third kappa shape index (κ3) is 3.41. The molecule has 0 amide bonds. The molecule has 0 atom stereocenters. The molecule has 0 radical (unpaired) electrons. The Labute approximate surface area is 146 Å². The Morgan fingerprint density at radius 2 is 1.75 bits per heavy atom. The van der Waals surface area contributed by atoms with E-state index >= 15 is 0 Å². The Bertz CT molecular complexity index is 849. The van der Waals surface area contributed by atoms with Crippen molar-refractivity contribution in [2.75, 3.05) is 31.1 Å². The van der Waals surface area contributed by atoms with E-state index in [0.29, 0.717) is 26.2 Å². The molecular formula is C17H18ClFN2O2S. The predicted molar refractivity (Wildman–Crippen MR) is 93.6 cm³/mol. The number of rotatable bonds is 3. The number of benzene rings is 2. The number of hydrogen-bond donors (Lipinski definition) is 0. The summed E-state index contributed by atoms with van der Waals surface area (Å²) < 4.78 is 40.0. The minimum atomic E-state index is -3.66. The summed E-state index contributed by atoms with van der Waals surface area (Å²) in [5.41, 5.74) is 2.26. The zero-order valence-corrected chi connectivity index (χ0v) is 14.8. The molecule has 3 rings (SSSR count). The summed E-state index contributed by atoms with van der Waals surface area (Å²) in [7, 11) is -3.66. The van der Waals surface area contributed by atoms with Gasteiger partial charge >= 0.3 is 0 Å². The molecule has 1 heterocycles. The number of hydrogen-bond acceptors (Lipinski definition) is 3. The van der Waals surface area contributed by atoms with Crippen molar-refractivity contribution in [3.63, 3.8) is 0 Å². The van der Waals surface area contributed by atoms with Crippen molar-refractivity contribution >= 4 is 27.3 Å². The summed E-state index contributed by atoms with van der Waals surface area (Å²) in [6.07, 6.45) is 0. The molecule has 1 aliphatic rings. The van der Waals surface area contributed by atoms with Gasteiger partial charge < -0.3 is 4.90 Å². The van der Waals surface area contributed by atoms with Crippen molar-refractivity contribution in [3.8, 4) is 0 Å². The lowest BCUT2D eigenvalue weighted by Crippen LogP contribution is -2.48. The Kier molecular flexibility index (Phi) is 4.80. The SMILES string of the molecule is Cc1cccc(N2CCN(S(=O)(=O)c3ccc(F)c(Cl)c3)CC2)c1. The fourth-order valence-electron chi connectivity index (χ4n) is 2.80. The first-order valence-electron chi connectivity index (χ1n) is 7.65. The first kappa shape index (κ1) is 17.2. The Balaban J connectivity index is 1.74. The minimum Gasteiger partial charge on any atom is -0.369 e. The normalized spacial score (nSPS) is 16.4. The standard InChI is InChI=1S/C17H18ClFN2O2S/c1-13-3-2-4-14(11-13)20-7-9-21(10-8-20)24(22,23)15-5-6-17(19)16(18)12-15/h2-6,11-12H,7-10H2,1H3. The van der Waals surface area contributed by atoms with Crippen molar-refractivity contribution in [1.82, 2.24) is 4.31 Å². The smallest absolute Gasteiger partial charge is 0.243 e. The molecule has 0 saturated carbocycles. The quantitative estimate of drug-likeness (QED) is 0.834. The van der Waals surface area contributed by atoms with Crippen molar-refractivity contribution in [3.05, 3.63) is 58.9 Å². The topological polar surface area (TPSA) is 40.6 Å². The summed E-state index contributed by atoms with van der Waals surface area (Å²) in [5.74, 6) is -0.625. The van der Waals surface area contributed by atoms with Crippen LogP contribution in [0.1, 0.15) is 5.56 Å². The summed E-state index contributed by atoms with van der Waals surface area (Å²) in [6, 6.07) is 11.6. The van der Waals surface area contributed by atoms with Crippen molar-refractivity contribution in [2.45, 2.75) is 11.8 Å². The monoisotopic (exact) mass is 368 g/mol. The van der Waals surface area contributed by atoms with Crippen molar-refractivity contribution < 1.29 is 12.8 Å². The van der Waals surface area contributed by atoms with Gasteiger partial charge in [0.15, 0.2) is 0 Å². The molecule has 24 heavy (non-hydrogen) atoms. The molecule has 0 aromatic heterocycles. The number of anilines is 1. The number of piperazine rings is 1. The molecule has 4 nitrogen and oxygen atoms in total. The van der Waals surface area contributed by atoms with Crippen LogP contribution in [-0.4, -0.2) is 38.9 Å². The Morgan fingerprint density at radius 3 is 2.38 bits per heavy atom. The lowest BCUT2D eigenvalue weighted by molar-refractivity contribution is 0.385. The van der Waals surface area contributed by atoms with Crippen LogP contribution in [-0.2, 0) is 10.0 Å². The van der Waals surface area contributed by atoms with Crippen molar-refractivity contribution in [2.24, 2.45) is 0 Å². The average Bonchev–Trinajstić information content (AvgIpc) is 2.57. The second kappa shape index (κ2) is 6.70. The van der Waals surface area contributed by atoms with E-state index in [1.165, 1.54) is 22.0 Å². The molecule has 2 aromatic rings. The Hall–Kier alpha value is -1.63. The van der Waals surface area contributed by atoms with Gasteiger partial charge in [-0.25, -0.2) is 12.8 Å². The van der Waals surface area contributed by atoms with Gasteiger partial charge in [0.2, 0.25) is 10.0 Å². The van der Waals surface area contributed by atoms with Gasteiger partial charge in [0.05, 0.1) is 9.92 Å². The largest absolute Gasteiger partial charge is 0.369 e. The molecule has 1 saturated heterocycles. The van der Waals surface area contributed by atoms with E-state index in [1.54, 1.807) is 0 Å². The second-order valence-corrected chi connectivity index (χ2v) is 8.15. The molecule has 0 N–H and O–H groups in total. The van der Waals surface area contributed by atoms with Gasteiger partial charge in [-0.3, -0.25) is 0 Å². The molecule has 0 bridgehead atoms. The first-order valence-corrected chi connectivity index (χ1v) is 9.46. The third-order valence-electron chi connectivity index (χ3n) is 4.13. The molecule has 0 aliphatic carbocycles. The van der Waals surface area contributed by atoms with Gasteiger partial charge in [0, 0.05) is 31.9 Å². The van der Waals surface area contributed by atoms with E-state index in [4.69, 9.17) is 11.6 Å². The van der Waals surface area contributed by atoms with Gasteiger partial charge in [-0.05, 0) is 42.8 Å². The molecule has 0 spiro atoms. The maximum absolute atomic E-state index is 13.3. The van der Waals surface area contributed by atoms with E-state index in [1.807, 2.05) is 25.1 Å². The van der Waals surface area contributed by atoms with Gasteiger partial charge in [0.1, 0.15) is 5.82 Å². The van der Waals surface area contributed by atoms with Crippen LogP contribution < -0.4 is 4.90 Å². The molecule has 0 unspecified atom stereocenters. The first-order chi connectivity index (χ1) is 11.4. The zero-order valence-electron chi connectivity index (χ0n) is 13.2. The van der Waals surface area contributed by atoms with Gasteiger partial charge in [0.25, 0.3) is 0 Å². The van der Waals surface area contributed by atoms with Crippen LogP contribution in [0.25, 0.3) is 0 Å². The summed E-state index contributed by atoms with van der Waals surface area (Å²) in [6.45, 7) is 4.01. The number of halogens is 2. The van der Waals surface area contributed by atoms with Crippen LogP contribution in [0.3, 0.4) is 0 Å². The molecule has 7 heteroatoms. The lowest BCUT2D eigenvalue weighted by atomic mass is 10.2. The van der Waals surface area contributed by atoms with E-state index in [2.05, 4.69) is 11.0 Å². The van der Waals surface area contributed by atoms with Crippen molar-refractivity contribution in [1.29, 1.82) is 0 Å². The average molecular weight is 369 g/mol. The van der Waals surface area contributed by atoms with E-state index in [-0.39, 0.29) is 9.92 Å². The maximum Gasteiger partial charge on any atom is 0.243 e. The highest BCUT2D eigenvalue weighted by Crippen LogP contribution is 2.24. The predicted octanol–water partition coefficient (Wildman–Crippen LogP) is 3.30. The number of sulfonamides is 1. The highest BCUT2D eigenvalue weighted by Gasteiger charge is 2.29. The number of aryl methyl sites for hydroxylation is 1. The minimum absolute atomic E-state index is 0.0258. The molecular weight excluding hydrogens is 351 g/mol. The van der Waals surface area contributed by atoms with E-state index in [9.17, 15) is 12.8 Å². The van der Waals surface area contributed by atoms with Gasteiger partial charge in [-0.2, -0.15) is 4.31 Å².